The molecule has 2 rings (SSSR count). The Kier molecular flexibility index (Phi) is 7.02. The van der Waals surface area contributed by atoms with Gasteiger partial charge < -0.3 is 10.1 Å². The van der Waals surface area contributed by atoms with Gasteiger partial charge in [0.25, 0.3) is 0 Å². The Hall–Kier alpha value is -2.33. The third-order valence-corrected chi connectivity index (χ3v) is 4.40. The van der Waals surface area contributed by atoms with Crippen LogP contribution in [0.3, 0.4) is 0 Å². The number of carbonyl (C=O) groups excluding carboxylic acids is 1. The summed E-state index contributed by atoms with van der Waals surface area (Å²) >= 11 is 0. The van der Waals surface area contributed by atoms with Crippen molar-refractivity contribution in [1.29, 1.82) is 0 Å². The predicted molar refractivity (Wildman–Crippen MR) is 103 cm³/mol. The number of carbonyl (C=O) groups is 1. The average Bonchev–Trinajstić information content (AvgIpc) is 2.63. The summed E-state index contributed by atoms with van der Waals surface area (Å²) in [5.41, 5.74) is 2.72. The molecule has 0 unspecified atom stereocenters. The molecule has 134 valence electrons. The van der Waals surface area contributed by atoms with Gasteiger partial charge in [0.1, 0.15) is 11.8 Å². The molecule has 25 heavy (non-hydrogen) atoms. The highest BCUT2D eigenvalue weighted by atomic mass is 16.5. The molecule has 4 heteroatoms. The molecule has 1 amide bonds. The smallest absolute Gasteiger partial charge is 0.246 e. The number of methoxy groups -OCH3 is 1. The first kappa shape index (κ1) is 19.0. The van der Waals surface area contributed by atoms with E-state index >= 15 is 0 Å². The van der Waals surface area contributed by atoms with Crippen LogP contribution >= 0.6 is 0 Å². The zero-order valence-electron chi connectivity index (χ0n) is 15.5. The minimum Gasteiger partial charge on any atom is -0.495 e. The van der Waals surface area contributed by atoms with Gasteiger partial charge in [-0.05, 0) is 43.0 Å². The van der Waals surface area contributed by atoms with Gasteiger partial charge in [0.15, 0.2) is 0 Å². The molecule has 0 aromatic heterocycles. The largest absolute Gasteiger partial charge is 0.495 e. The van der Waals surface area contributed by atoms with Gasteiger partial charge in [-0.15, -0.1) is 0 Å². The van der Waals surface area contributed by atoms with Crippen molar-refractivity contribution in [3.8, 4) is 5.75 Å². The van der Waals surface area contributed by atoms with Crippen LogP contribution in [0.1, 0.15) is 43.9 Å². The van der Waals surface area contributed by atoms with Crippen molar-refractivity contribution in [2.75, 3.05) is 12.4 Å². The van der Waals surface area contributed by atoms with Crippen molar-refractivity contribution in [3.63, 3.8) is 0 Å². The Morgan fingerprint density at radius 1 is 1.08 bits per heavy atom. The highest BCUT2D eigenvalue weighted by Gasteiger charge is 2.23. The first-order valence-electron chi connectivity index (χ1n) is 8.85. The Morgan fingerprint density at radius 2 is 1.76 bits per heavy atom. The molecule has 0 spiro atoms. The second kappa shape index (κ2) is 9.23. The van der Waals surface area contributed by atoms with E-state index in [1.165, 1.54) is 0 Å². The van der Waals surface area contributed by atoms with Crippen LogP contribution in [0.2, 0.25) is 0 Å². The van der Waals surface area contributed by atoms with Crippen LogP contribution in [-0.2, 0) is 4.79 Å². The number of ether oxygens (including phenoxy) is 1. The van der Waals surface area contributed by atoms with E-state index in [1.807, 2.05) is 55.5 Å². The average molecular weight is 340 g/mol. The Balaban J connectivity index is 2.28. The lowest BCUT2D eigenvalue weighted by atomic mass is 10.0. The van der Waals surface area contributed by atoms with Crippen LogP contribution in [0.15, 0.2) is 48.5 Å². The fourth-order valence-corrected chi connectivity index (χ4v) is 2.85. The van der Waals surface area contributed by atoms with Crippen LogP contribution < -0.4 is 15.4 Å². The number of rotatable bonds is 8. The lowest BCUT2D eigenvalue weighted by Crippen LogP contribution is -2.39. The fraction of sp³-hybridized carbons (Fsp3) is 0.381. The van der Waals surface area contributed by atoms with Crippen LogP contribution in [0.4, 0.5) is 5.69 Å². The van der Waals surface area contributed by atoms with E-state index in [1.54, 1.807) is 7.11 Å². The van der Waals surface area contributed by atoms with Gasteiger partial charge in [0.2, 0.25) is 5.91 Å². The van der Waals surface area contributed by atoms with E-state index in [9.17, 15) is 4.79 Å². The number of benzene rings is 2. The van der Waals surface area contributed by atoms with Crippen molar-refractivity contribution < 1.29 is 9.53 Å². The van der Waals surface area contributed by atoms with E-state index in [4.69, 9.17) is 4.74 Å². The van der Waals surface area contributed by atoms with Gasteiger partial charge in [-0.2, -0.15) is 0 Å². The molecule has 0 aliphatic rings. The molecule has 0 fully saturated rings. The van der Waals surface area contributed by atoms with E-state index in [2.05, 4.69) is 24.5 Å². The van der Waals surface area contributed by atoms with Gasteiger partial charge in [0.05, 0.1) is 12.8 Å². The minimum atomic E-state index is -0.406. The molecule has 0 saturated carbocycles. The van der Waals surface area contributed by atoms with E-state index in [0.717, 1.165) is 24.0 Å². The fourth-order valence-electron chi connectivity index (χ4n) is 2.85. The van der Waals surface area contributed by atoms with Gasteiger partial charge in [-0.25, -0.2) is 0 Å². The van der Waals surface area contributed by atoms with Crippen LogP contribution in [-0.4, -0.2) is 19.1 Å². The topological polar surface area (TPSA) is 50.4 Å². The first-order valence-corrected chi connectivity index (χ1v) is 8.85. The summed E-state index contributed by atoms with van der Waals surface area (Å²) in [6.07, 6.45) is 1.95. The molecule has 2 N–H and O–H groups in total. The molecule has 0 aliphatic carbocycles. The van der Waals surface area contributed by atoms with E-state index < -0.39 is 6.04 Å². The quantitative estimate of drug-likeness (QED) is 0.746. The van der Waals surface area contributed by atoms with Crippen molar-refractivity contribution >= 4 is 11.6 Å². The Labute approximate surface area is 150 Å². The monoisotopic (exact) mass is 340 g/mol. The lowest BCUT2D eigenvalue weighted by molar-refractivity contribution is -0.118. The summed E-state index contributed by atoms with van der Waals surface area (Å²) in [6.45, 7) is 6.25. The number of aryl methyl sites for hydroxylation is 1. The summed E-state index contributed by atoms with van der Waals surface area (Å²) in [5, 5.41) is 6.52. The number of nitrogens with one attached hydrogen (secondary N) is 2. The zero-order chi connectivity index (χ0) is 18.2. The van der Waals surface area contributed by atoms with Crippen molar-refractivity contribution in [2.24, 2.45) is 0 Å². The molecule has 2 aromatic rings. The molecule has 1 atom stereocenters. The van der Waals surface area contributed by atoms with Crippen LogP contribution in [0, 0.1) is 6.92 Å². The maximum atomic E-state index is 13.0. The number of hydrogen-bond acceptors (Lipinski definition) is 3. The maximum Gasteiger partial charge on any atom is 0.246 e. The third-order valence-electron chi connectivity index (χ3n) is 4.40. The van der Waals surface area contributed by atoms with Crippen LogP contribution in [0.5, 0.6) is 5.75 Å². The van der Waals surface area contributed by atoms with Gasteiger partial charge in [-0.3, -0.25) is 10.1 Å². The second-order valence-corrected chi connectivity index (χ2v) is 6.22. The van der Waals surface area contributed by atoms with E-state index in [0.29, 0.717) is 11.4 Å². The summed E-state index contributed by atoms with van der Waals surface area (Å²) < 4.78 is 5.37. The van der Waals surface area contributed by atoms with Crippen LogP contribution in [0.25, 0.3) is 0 Å². The standard InChI is InChI=1S/C21H28N2O2/c1-5-17(6-2)22-20(16-10-8-7-9-11-16)21(24)23-18-14-15(3)12-13-19(18)25-4/h7-14,17,20,22H,5-6H2,1-4H3,(H,23,24)/t20-/m0/s1. The van der Waals surface area contributed by atoms with Gasteiger partial charge in [-0.1, -0.05) is 50.2 Å². The zero-order valence-corrected chi connectivity index (χ0v) is 15.5. The summed E-state index contributed by atoms with van der Waals surface area (Å²) in [6, 6.07) is 15.5. The lowest BCUT2D eigenvalue weighted by Gasteiger charge is -2.24. The Morgan fingerprint density at radius 3 is 2.36 bits per heavy atom. The Bertz CT molecular complexity index is 682. The molecule has 0 radical (unpaired) electrons. The highest BCUT2D eigenvalue weighted by molar-refractivity contribution is 5.96. The molecular formula is C21H28N2O2. The summed E-state index contributed by atoms with van der Waals surface area (Å²) in [7, 11) is 1.61. The van der Waals surface area contributed by atoms with E-state index in [-0.39, 0.29) is 11.9 Å². The molecule has 0 bridgehead atoms. The molecule has 4 nitrogen and oxygen atoms in total. The molecular weight excluding hydrogens is 312 g/mol. The second-order valence-electron chi connectivity index (χ2n) is 6.22. The number of amides is 1. The molecule has 0 heterocycles. The number of anilines is 1. The highest BCUT2D eigenvalue weighted by Crippen LogP contribution is 2.27. The predicted octanol–water partition coefficient (Wildman–Crippen LogP) is 4.46. The normalized spacial score (nSPS) is 12.0. The van der Waals surface area contributed by atoms with Gasteiger partial charge in [0, 0.05) is 6.04 Å². The van der Waals surface area contributed by atoms with Crippen molar-refractivity contribution in [2.45, 2.75) is 45.7 Å². The van der Waals surface area contributed by atoms with Crippen molar-refractivity contribution in [1.82, 2.24) is 5.32 Å². The maximum absolute atomic E-state index is 13.0. The summed E-state index contributed by atoms with van der Waals surface area (Å²) in [4.78, 5) is 13.0. The molecule has 0 saturated heterocycles. The number of hydrogen-bond donors (Lipinski definition) is 2. The SMILES string of the molecule is CCC(CC)N[C@H](C(=O)Nc1cc(C)ccc1OC)c1ccccc1. The minimum absolute atomic E-state index is 0.0815. The van der Waals surface area contributed by atoms with Crippen molar-refractivity contribution in [3.05, 3.63) is 59.7 Å². The summed E-state index contributed by atoms with van der Waals surface area (Å²) in [5.74, 6) is 0.579. The molecule has 2 aromatic carbocycles. The first-order chi connectivity index (χ1) is 12.1. The molecule has 0 aliphatic heterocycles. The third kappa shape index (κ3) is 5.07. The van der Waals surface area contributed by atoms with Gasteiger partial charge >= 0.3 is 0 Å².